The first-order chi connectivity index (χ1) is 11.3. The molecule has 0 saturated carbocycles. The molecule has 1 aromatic carbocycles. The van der Waals surface area contributed by atoms with Gasteiger partial charge in [0, 0.05) is 24.3 Å². The number of alkyl halides is 3. The van der Waals surface area contributed by atoms with E-state index in [-0.39, 0.29) is 36.7 Å². The lowest BCUT2D eigenvalue weighted by Crippen LogP contribution is -2.53. The molecule has 2 aliphatic rings. The second kappa shape index (κ2) is 5.69. The van der Waals surface area contributed by atoms with Crippen molar-refractivity contribution in [1.29, 1.82) is 0 Å². The molecule has 0 bridgehead atoms. The summed E-state index contributed by atoms with van der Waals surface area (Å²) in [7, 11) is 0. The molecule has 3 N–H and O–H groups in total. The van der Waals surface area contributed by atoms with Crippen molar-refractivity contribution in [3.05, 3.63) is 29.3 Å². The Balaban J connectivity index is 1.91. The van der Waals surface area contributed by atoms with Crippen LogP contribution in [-0.2, 0) is 15.7 Å². The molecular formula is C14H13F3N4O3. The van der Waals surface area contributed by atoms with Crippen molar-refractivity contribution in [2.24, 2.45) is 16.8 Å². The first-order valence-corrected chi connectivity index (χ1v) is 7.01. The number of anilines is 1. The lowest BCUT2D eigenvalue weighted by Gasteiger charge is -2.40. The van der Waals surface area contributed by atoms with E-state index < -0.39 is 29.7 Å². The fourth-order valence-corrected chi connectivity index (χ4v) is 2.53. The average molecular weight is 342 g/mol. The Kier molecular flexibility index (Phi) is 3.82. The van der Waals surface area contributed by atoms with Gasteiger partial charge in [0.1, 0.15) is 12.3 Å². The van der Waals surface area contributed by atoms with Gasteiger partial charge in [-0.3, -0.25) is 4.79 Å². The molecule has 1 fully saturated rings. The molecule has 0 spiro atoms. The lowest BCUT2D eigenvalue weighted by molar-refractivity contribution is -0.137. The van der Waals surface area contributed by atoms with Gasteiger partial charge < -0.3 is 15.4 Å². The van der Waals surface area contributed by atoms with Gasteiger partial charge in [-0.1, -0.05) is 6.07 Å². The standard InChI is InChI=1S/C14H13F3N4O3/c15-14(16,17)9-3-7(10-6-24-13(23)20-19-10)1-2-11(9)21-4-8(5-21)12(18)22/h1-3,8H,4-6H2,(H2,18,22)(H,20,23). The van der Waals surface area contributed by atoms with Crippen molar-refractivity contribution in [2.45, 2.75) is 6.18 Å². The minimum Gasteiger partial charge on any atom is -0.442 e. The van der Waals surface area contributed by atoms with Crippen LogP contribution in [0.3, 0.4) is 0 Å². The van der Waals surface area contributed by atoms with Crippen LogP contribution < -0.4 is 16.1 Å². The van der Waals surface area contributed by atoms with Crippen molar-refractivity contribution in [3.63, 3.8) is 0 Å². The van der Waals surface area contributed by atoms with Crippen LogP contribution in [0.2, 0.25) is 0 Å². The van der Waals surface area contributed by atoms with Crippen molar-refractivity contribution in [1.82, 2.24) is 5.43 Å². The highest BCUT2D eigenvalue weighted by atomic mass is 19.4. The van der Waals surface area contributed by atoms with Crippen molar-refractivity contribution < 1.29 is 27.5 Å². The van der Waals surface area contributed by atoms with Crippen LogP contribution in [0.1, 0.15) is 11.1 Å². The fourth-order valence-electron chi connectivity index (χ4n) is 2.53. The Morgan fingerprint density at radius 2 is 2.08 bits per heavy atom. The van der Waals surface area contributed by atoms with Crippen LogP contribution in [0.5, 0.6) is 0 Å². The minimum atomic E-state index is -4.58. The largest absolute Gasteiger partial charge is 0.442 e. The molecule has 2 heterocycles. The second-order valence-electron chi connectivity index (χ2n) is 5.48. The van der Waals surface area contributed by atoms with Crippen LogP contribution in [0, 0.1) is 5.92 Å². The molecule has 0 radical (unpaired) electrons. The predicted molar refractivity (Wildman–Crippen MR) is 77.4 cm³/mol. The number of nitrogens with zero attached hydrogens (tertiary/aromatic N) is 2. The molecule has 3 rings (SSSR count). The third-order valence-corrected chi connectivity index (χ3v) is 3.88. The van der Waals surface area contributed by atoms with E-state index in [1.807, 2.05) is 0 Å². The number of nitrogens with two attached hydrogens (primary N) is 1. The molecule has 1 saturated heterocycles. The van der Waals surface area contributed by atoms with E-state index in [1.54, 1.807) is 0 Å². The quantitative estimate of drug-likeness (QED) is 0.859. The maximum atomic E-state index is 13.4. The van der Waals surface area contributed by atoms with E-state index in [2.05, 4.69) is 10.5 Å². The van der Waals surface area contributed by atoms with Gasteiger partial charge in [0.05, 0.1) is 11.5 Å². The summed E-state index contributed by atoms with van der Waals surface area (Å²) >= 11 is 0. The summed E-state index contributed by atoms with van der Waals surface area (Å²) in [6.45, 7) is 0.0890. The molecule has 1 aromatic rings. The van der Waals surface area contributed by atoms with Gasteiger partial charge >= 0.3 is 12.3 Å². The third-order valence-electron chi connectivity index (χ3n) is 3.88. The number of carbonyl (C=O) groups is 2. The zero-order chi connectivity index (χ0) is 17.5. The van der Waals surface area contributed by atoms with Crippen molar-refractivity contribution >= 4 is 23.4 Å². The zero-order valence-corrected chi connectivity index (χ0v) is 12.3. The number of hydrazone groups is 1. The highest BCUT2D eigenvalue weighted by Crippen LogP contribution is 2.39. The molecular weight excluding hydrogens is 329 g/mol. The van der Waals surface area contributed by atoms with E-state index >= 15 is 0 Å². The smallest absolute Gasteiger partial charge is 0.428 e. The summed E-state index contributed by atoms with van der Waals surface area (Å²) in [5, 5.41) is 3.70. The number of primary amides is 1. The summed E-state index contributed by atoms with van der Waals surface area (Å²) in [5.41, 5.74) is 6.70. The van der Waals surface area contributed by atoms with Gasteiger partial charge in [0.15, 0.2) is 0 Å². The second-order valence-corrected chi connectivity index (χ2v) is 5.48. The van der Waals surface area contributed by atoms with Crippen LogP contribution in [0.4, 0.5) is 23.7 Å². The first kappa shape index (κ1) is 16.1. The number of nitrogens with one attached hydrogen (secondary N) is 1. The Labute approximate surface area is 134 Å². The molecule has 2 aliphatic heterocycles. The van der Waals surface area contributed by atoms with Gasteiger partial charge in [-0.15, -0.1) is 0 Å². The number of rotatable bonds is 3. The normalized spacial score (nSPS) is 18.4. The number of hydrogen-bond donors (Lipinski definition) is 2. The number of halogens is 3. The fraction of sp³-hybridized carbons (Fsp3) is 0.357. The molecule has 0 unspecified atom stereocenters. The molecule has 128 valence electrons. The number of hydrogen-bond acceptors (Lipinski definition) is 5. The van der Waals surface area contributed by atoms with Gasteiger partial charge in [-0.05, 0) is 12.1 Å². The average Bonchev–Trinajstić information content (AvgIpc) is 2.45. The Hall–Kier alpha value is -2.78. The van der Waals surface area contributed by atoms with E-state index in [1.165, 1.54) is 17.0 Å². The lowest BCUT2D eigenvalue weighted by atomic mass is 9.96. The van der Waals surface area contributed by atoms with Crippen molar-refractivity contribution in [3.8, 4) is 0 Å². The number of carbonyl (C=O) groups excluding carboxylic acids is 2. The number of amides is 2. The van der Waals surface area contributed by atoms with Crippen LogP contribution >= 0.6 is 0 Å². The number of cyclic esters (lactones) is 1. The van der Waals surface area contributed by atoms with E-state index in [0.29, 0.717) is 0 Å². The molecule has 2 amide bonds. The SMILES string of the molecule is NC(=O)C1CN(c2ccc(C3=NNC(=O)OC3)cc2C(F)(F)F)C1. The van der Waals surface area contributed by atoms with Gasteiger partial charge in [-0.25, -0.2) is 10.2 Å². The Morgan fingerprint density at radius 3 is 2.62 bits per heavy atom. The van der Waals surface area contributed by atoms with Gasteiger partial charge in [-0.2, -0.15) is 18.3 Å². The van der Waals surface area contributed by atoms with Crippen LogP contribution in [0.15, 0.2) is 23.3 Å². The topological polar surface area (TPSA) is 97.0 Å². The zero-order valence-electron chi connectivity index (χ0n) is 12.3. The van der Waals surface area contributed by atoms with E-state index in [9.17, 15) is 22.8 Å². The molecule has 10 heteroatoms. The van der Waals surface area contributed by atoms with Crippen LogP contribution in [0.25, 0.3) is 0 Å². The summed E-state index contributed by atoms with van der Waals surface area (Å²) < 4.78 is 44.8. The summed E-state index contributed by atoms with van der Waals surface area (Å²) in [4.78, 5) is 23.4. The summed E-state index contributed by atoms with van der Waals surface area (Å²) in [6, 6.07) is 3.72. The Bertz CT molecular complexity index is 726. The molecule has 0 aliphatic carbocycles. The summed E-state index contributed by atoms with van der Waals surface area (Å²) in [6.07, 6.45) is -5.34. The van der Waals surface area contributed by atoms with Gasteiger partial charge in [0.25, 0.3) is 0 Å². The monoisotopic (exact) mass is 342 g/mol. The van der Waals surface area contributed by atoms with E-state index in [4.69, 9.17) is 10.5 Å². The molecule has 0 atom stereocenters. The first-order valence-electron chi connectivity index (χ1n) is 7.01. The number of benzene rings is 1. The van der Waals surface area contributed by atoms with Crippen LogP contribution in [-0.4, -0.2) is 37.4 Å². The molecule has 0 aromatic heterocycles. The molecule has 24 heavy (non-hydrogen) atoms. The Morgan fingerprint density at radius 1 is 1.38 bits per heavy atom. The summed E-state index contributed by atoms with van der Waals surface area (Å²) in [5.74, 6) is -0.974. The van der Waals surface area contributed by atoms with E-state index in [0.717, 1.165) is 6.07 Å². The third kappa shape index (κ3) is 2.99. The highest BCUT2D eigenvalue weighted by molar-refractivity contribution is 6.04. The maximum absolute atomic E-state index is 13.4. The highest BCUT2D eigenvalue weighted by Gasteiger charge is 2.39. The minimum absolute atomic E-state index is 0.0230. The van der Waals surface area contributed by atoms with Gasteiger partial charge in [0.2, 0.25) is 5.91 Å². The van der Waals surface area contributed by atoms with Crippen molar-refractivity contribution in [2.75, 3.05) is 24.6 Å². The predicted octanol–water partition coefficient (Wildman–Crippen LogP) is 1.07. The maximum Gasteiger partial charge on any atom is 0.428 e. The molecule has 7 nitrogen and oxygen atoms in total. The number of ether oxygens (including phenoxy) is 1.